The fourth-order valence-electron chi connectivity index (χ4n) is 5.85. The van der Waals surface area contributed by atoms with Gasteiger partial charge in [-0.1, -0.05) is 48.4 Å². The molecule has 0 bridgehead atoms. The smallest absolute Gasteiger partial charge is 0.264 e. The van der Waals surface area contributed by atoms with E-state index in [1.54, 1.807) is 12.1 Å². The van der Waals surface area contributed by atoms with Crippen molar-refractivity contribution in [1.82, 2.24) is 19.4 Å². The lowest BCUT2D eigenvalue weighted by molar-refractivity contribution is -0.138. The van der Waals surface area contributed by atoms with Gasteiger partial charge in [-0.2, -0.15) is 0 Å². The van der Waals surface area contributed by atoms with E-state index in [1.807, 2.05) is 11.8 Å². The molecular weight excluding hydrogens is 512 g/mol. The first-order valence-corrected chi connectivity index (χ1v) is 15.4. The summed E-state index contributed by atoms with van der Waals surface area (Å²) in [6.45, 7) is 5.71. The third-order valence-corrected chi connectivity index (χ3v) is 9.86. The maximum Gasteiger partial charge on any atom is 0.264 e. The van der Waals surface area contributed by atoms with Crippen molar-refractivity contribution in [2.75, 3.05) is 19.6 Å². The molecule has 2 atom stereocenters. The second kappa shape index (κ2) is 11.9. The zero-order chi connectivity index (χ0) is 27.4. The first-order chi connectivity index (χ1) is 18.8. The summed E-state index contributed by atoms with van der Waals surface area (Å²) >= 11 is 0. The Morgan fingerprint density at radius 2 is 1.62 bits per heavy atom. The SMILES string of the molecule is Cc1ccc(S(=O)(=O)N2C=CNC(=O)[C@H]2CC(=O)N2CCCC[C@@H]2c2ccc(CN3CCCCC3)cc2)cc1. The molecule has 39 heavy (non-hydrogen) atoms. The number of rotatable bonds is 7. The number of sulfonamides is 1. The van der Waals surface area contributed by atoms with Crippen LogP contribution in [-0.2, 0) is 26.2 Å². The molecule has 9 heteroatoms. The average Bonchev–Trinajstić information content (AvgIpc) is 2.95. The van der Waals surface area contributed by atoms with Crippen LogP contribution in [0.4, 0.5) is 0 Å². The highest BCUT2D eigenvalue weighted by Crippen LogP contribution is 2.33. The van der Waals surface area contributed by atoms with Gasteiger partial charge in [0, 0.05) is 25.5 Å². The van der Waals surface area contributed by atoms with E-state index in [4.69, 9.17) is 0 Å². The van der Waals surface area contributed by atoms with Gasteiger partial charge in [-0.3, -0.25) is 18.8 Å². The Kier molecular flexibility index (Phi) is 8.37. The average molecular weight is 551 g/mol. The summed E-state index contributed by atoms with van der Waals surface area (Å²) in [5, 5.41) is 2.59. The van der Waals surface area contributed by atoms with Crippen molar-refractivity contribution in [1.29, 1.82) is 0 Å². The molecule has 3 aliphatic rings. The minimum Gasteiger partial charge on any atom is -0.336 e. The van der Waals surface area contributed by atoms with Crippen LogP contribution in [-0.4, -0.2) is 60.0 Å². The minimum atomic E-state index is -4.01. The quantitative estimate of drug-likeness (QED) is 0.561. The fourth-order valence-corrected chi connectivity index (χ4v) is 7.30. The summed E-state index contributed by atoms with van der Waals surface area (Å²) in [4.78, 5) is 31.0. The van der Waals surface area contributed by atoms with Crippen molar-refractivity contribution >= 4 is 21.8 Å². The van der Waals surface area contributed by atoms with Gasteiger partial charge in [0.25, 0.3) is 10.0 Å². The monoisotopic (exact) mass is 550 g/mol. The van der Waals surface area contributed by atoms with E-state index in [9.17, 15) is 18.0 Å². The van der Waals surface area contributed by atoms with Crippen molar-refractivity contribution in [2.24, 2.45) is 0 Å². The molecule has 208 valence electrons. The number of carbonyl (C=O) groups is 2. The van der Waals surface area contributed by atoms with Crippen LogP contribution in [0.25, 0.3) is 0 Å². The van der Waals surface area contributed by atoms with E-state index >= 15 is 0 Å². The van der Waals surface area contributed by atoms with Crippen molar-refractivity contribution < 1.29 is 18.0 Å². The third kappa shape index (κ3) is 6.20. The molecule has 0 saturated carbocycles. The van der Waals surface area contributed by atoms with Crippen LogP contribution in [0.2, 0.25) is 0 Å². The van der Waals surface area contributed by atoms with Gasteiger partial charge in [-0.05, 0) is 75.4 Å². The lowest BCUT2D eigenvalue weighted by atomic mass is 9.93. The highest BCUT2D eigenvalue weighted by Gasteiger charge is 2.39. The van der Waals surface area contributed by atoms with Gasteiger partial charge in [0.05, 0.1) is 17.4 Å². The molecule has 0 aliphatic carbocycles. The summed E-state index contributed by atoms with van der Waals surface area (Å²) in [6, 6.07) is 13.8. The van der Waals surface area contributed by atoms with Gasteiger partial charge in [0.15, 0.2) is 0 Å². The number of hydrogen-bond acceptors (Lipinski definition) is 5. The second-order valence-corrected chi connectivity index (χ2v) is 12.7. The maximum absolute atomic E-state index is 13.7. The van der Waals surface area contributed by atoms with Crippen molar-refractivity contribution in [3.05, 3.63) is 77.6 Å². The van der Waals surface area contributed by atoms with E-state index in [0.717, 1.165) is 54.3 Å². The van der Waals surface area contributed by atoms with Gasteiger partial charge in [-0.25, -0.2) is 8.42 Å². The Morgan fingerprint density at radius 1 is 0.923 bits per heavy atom. The van der Waals surface area contributed by atoms with Crippen molar-refractivity contribution in [3.8, 4) is 0 Å². The van der Waals surface area contributed by atoms with Crippen LogP contribution >= 0.6 is 0 Å². The Labute approximate surface area is 231 Å². The molecule has 2 aromatic rings. The summed E-state index contributed by atoms with van der Waals surface area (Å²) in [5.74, 6) is -0.714. The third-order valence-electron chi connectivity index (χ3n) is 8.06. The number of hydrogen-bond donors (Lipinski definition) is 1. The van der Waals surface area contributed by atoms with Crippen LogP contribution in [0.5, 0.6) is 0 Å². The molecule has 0 unspecified atom stereocenters. The normalized spacial score (nSPS) is 22.5. The van der Waals surface area contributed by atoms with Gasteiger partial charge < -0.3 is 10.2 Å². The molecule has 2 amide bonds. The van der Waals surface area contributed by atoms with Gasteiger partial charge in [-0.15, -0.1) is 0 Å². The Morgan fingerprint density at radius 3 is 2.33 bits per heavy atom. The topological polar surface area (TPSA) is 90.0 Å². The van der Waals surface area contributed by atoms with Crippen LogP contribution < -0.4 is 5.32 Å². The number of carbonyl (C=O) groups excluding carboxylic acids is 2. The number of piperidine rings is 2. The number of amides is 2. The molecule has 5 rings (SSSR count). The van der Waals surface area contributed by atoms with Crippen molar-refractivity contribution in [3.63, 3.8) is 0 Å². The highest BCUT2D eigenvalue weighted by atomic mass is 32.2. The molecule has 0 aromatic heterocycles. The fraction of sp³-hybridized carbons (Fsp3) is 0.467. The molecule has 3 aliphatic heterocycles. The Hall–Kier alpha value is -3.17. The van der Waals surface area contributed by atoms with Gasteiger partial charge in [0.2, 0.25) is 11.8 Å². The summed E-state index contributed by atoms with van der Waals surface area (Å²) in [7, 11) is -4.01. The van der Waals surface area contributed by atoms with Crippen molar-refractivity contribution in [2.45, 2.75) is 75.4 Å². The Bertz CT molecular complexity index is 1300. The molecule has 0 spiro atoms. The predicted molar refractivity (Wildman–Crippen MR) is 150 cm³/mol. The zero-order valence-electron chi connectivity index (χ0n) is 22.6. The second-order valence-electron chi connectivity index (χ2n) is 10.9. The minimum absolute atomic E-state index is 0.0837. The lowest BCUT2D eigenvalue weighted by Gasteiger charge is -2.38. The molecule has 2 aromatic carbocycles. The summed E-state index contributed by atoms with van der Waals surface area (Å²) in [5.41, 5.74) is 3.29. The summed E-state index contributed by atoms with van der Waals surface area (Å²) < 4.78 is 27.9. The standard InChI is InChI=1S/C30H38N4O4S/c1-23-8-14-26(15-9-23)39(37,38)34-20-16-31-30(36)28(34)21-29(35)33-19-6-3-7-27(33)25-12-10-24(11-13-25)22-32-17-4-2-5-18-32/h8-16,20,27-28H,2-7,17-19,21-22H2,1H3,(H,31,36)/t27-,28-/m1/s1. The number of likely N-dealkylation sites (tertiary alicyclic amines) is 2. The molecule has 2 saturated heterocycles. The molecule has 0 radical (unpaired) electrons. The Balaban J connectivity index is 1.31. The lowest BCUT2D eigenvalue weighted by Crippen LogP contribution is -2.52. The van der Waals surface area contributed by atoms with Crippen LogP contribution in [0.15, 0.2) is 65.8 Å². The van der Waals surface area contributed by atoms with Crippen LogP contribution in [0, 0.1) is 6.92 Å². The zero-order valence-corrected chi connectivity index (χ0v) is 23.4. The highest BCUT2D eigenvalue weighted by molar-refractivity contribution is 7.89. The van der Waals surface area contributed by atoms with E-state index in [0.29, 0.717) is 6.54 Å². The number of nitrogens with one attached hydrogen (secondary N) is 1. The number of nitrogens with zero attached hydrogens (tertiary/aromatic N) is 3. The van der Waals surface area contributed by atoms with Crippen LogP contribution in [0.1, 0.15) is 67.7 Å². The van der Waals surface area contributed by atoms with Gasteiger partial charge in [0.1, 0.15) is 6.04 Å². The predicted octanol–water partition coefficient (Wildman–Crippen LogP) is 4.09. The van der Waals surface area contributed by atoms with E-state index in [-0.39, 0.29) is 23.3 Å². The van der Waals surface area contributed by atoms with Gasteiger partial charge >= 0.3 is 0 Å². The molecule has 3 heterocycles. The van der Waals surface area contributed by atoms with E-state index in [2.05, 4.69) is 34.5 Å². The molecule has 2 fully saturated rings. The molecular formula is C30H38N4O4S. The first kappa shape index (κ1) is 27.4. The number of benzene rings is 2. The molecule has 8 nitrogen and oxygen atoms in total. The van der Waals surface area contributed by atoms with E-state index < -0.39 is 22.0 Å². The summed E-state index contributed by atoms with van der Waals surface area (Å²) in [6.07, 6.45) is 9.01. The largest absolute Gasteiger partial charge is 0.336 e. The molecule has 1 N–H and O–H groups in total. The first-order valence-electron chi connectivity index (χ1n) is 14.0. The number of aryl methyl sites for hydroxylation is 1. The van der Waals surface area contributed by atoms with E-state index in [1.165, 1.54) is 49.4 Å². The van der Waals surface area contributed by atoms with Crippen LogP contribution in [0.3, 0.4) is 0 Å². The maximum atomic E-state index is 13.7.